The molecule has 0 spiro atoms. The van der Waals surface area contributed by atoms with E-state index in [1.807, 2.05) is 18.2 Å². The van der Waals surface area contributed by atoms with Crippen molar-refractivity contribution in [3.8, 4) is 0 Å². The maximum absolute atomic E-state index is 12.8. The standard InChI is InChI=1S/C19H21F3N4O.ClH/c1-12-7-16(19(20,21)22)26-17(25-12)11-24-18(27)15-4-2-3-13(9-15)8-14-5-6-23-10-14;/h2-4,7,9,14,23H,5-6,8,10-11H2,1H3,(H,24,27);1H. The number of aryl methyl sites for hydroxylation is 1. The van der Waals surface area contributed by atoms with E-state index in [0.717, 1.165) is 37.6 Å². The minimum atomic E-state index is -4.55. The van der Waals surface area contributed by atoms with Crippen molar-refractivity contribution in [1.82, 2.24) is 20.6 Å². The first kappa shape index (κ1) is 22.1. The summed E-state index contributed by atoms with van der Waals surface area (Å²) in [6.45, 7) is 3.29. The number of rotatable bonds is 5. The highest BCUT2D eigenvalue weighted by Gasteiger charge is 2.33. The number of hydrogen-bond acceptors (Lipinski definition) is 4. The van der Waals surface area contributed by atoms with Gasteiger partial charge in [-0.25, -0.2) is 9.97 Å². The highest BCUT2D eigenvalue weighted by Crippen LogP contribution is 2.27. The van der Waals surface area contributed by atoms with E-state index in [0.29, 0.717) is 11.5 Å². The number of benzene rings is 1. The summed E-state index contributed by atoms with van der Waals surface area (Å²) in [6.07, 6.45) is -2.54. The maximum atomic E-state index is 12.8. The van der Waals surface area contributed by atoms with Gasteiger partial charge in [0.1, 0.15) is 11.5 Å². The summed E-state index contributed by atoms with van der Waals surface area (Å²) in [6, 6.07) is 8.19. The maximum Gasteiger partial charge on any atom is 0.433 e. The molecule has 1 aliphatic rings. The molecular formula is C19H22ClF3N4O. The molecule has 0 aliphatic carbocycles. The Morgan fingerprint density at radius 1 is 1.29 bits per heavy atom. The zero-order valence-electron chi connectivity index (χ0n) is 15.3. The van der Waals surface area contributed by atoms with Gasteiger partial charge >= 0.3 is 6.18 Å². The van der Waals surface area contributed by atoms with Gasteiger partial charge < -0.3 is 10.6 Å². The van der Waals surface area contributed by atoms with E-state index in [-0.39, 0.29) is 36.4 Å². The van der Waals surface area contributed by atoms with Crippen molar-refractivity contribution >= 4 is 18.3 Å². The second kappa shape index (κ2) is 9.34. The van der Waals surface area contributed by atoms with Crippen LogP contribution in [0.25, 0.3) is 0 Å². The Bertz CT molecular complexity index is 823. The minimum absolute atomic E-state index is 0. The van der Waals surface area contributed by atoms with Gasteiger partial charge in [0.05, 0.1) is 6.54 Å². The van der Waals surface area contributed by atoms with Gasteiger partial charge in [0.15, 0.2) is 0 Å². The molecule has 0 saturated carbocycles. The van der Waals surface area contributed by atoms with E-state index in [1.165, 1.54) is 6.92 Å². The fraction of sp³-hybridized carbons (Fsp3) is 0.421. The average Bonchev–Trinajstić information content (AvgIpc) is 3.11. The van der Waals surface area contributed by atoms with E-state index in [1.54, 1.807) is 6.07 Å². The molecule has 2 N–H and O–H groups in total. The zero-order chi connectivity index (χ0) is 19.4. The highest BCUT2D eigenvalue weighted by molar-refractivity contribution is 5.94. The summed E-state index contributed by atoms with van der Waals surface area (Å²) < 4.78 is 38.5. The molecule has 9 heteroatoms. The third kappa shape index (κ3) is 5.90. The predicted octanol–water partition coefficient (Wildman–Crippen LogP) is 3.31. The van der Waals surface area contributed by atoms with Crippen molar-refractivity contribution in [3.63, 3.8) is 0 Å². The van der Waals surface area contributed by atoms with Gasteiger partial charge in [-0.1, -0.05) is 12.1 Å². The molecular weight excluding hydrogens is 393 g/mol. The Balaban J connectivity index is 0.00000280. The van der Waals surface area contributed by atoms with Gasteiger partial charge in [0, 0.05) is 11.3 Å². The summed E-state index contributed by atoms with van der Waals surface area (Å²) >= 11 is 0. The first-order valence-electron chi connectivity index (χ1n) is 8.81. The van der Waals surface area contributed by atoms with Crippen molar-refractivity contribution in [2.24, 2.45) is 5.92 Å². The third-order valence-corrected chi connectivity index (χ3v) is 4.47. The lowest BCUT2D eigenvalue weighted by Crippen LogP contribution is -2.25. The summed E-state index contributed by atoms with van der Waals surface area (Å²) in [7, 11) is 0. The van der Waals surface area contributed by atoms with E-state index >= 15 is 0 Å². The number of nitrogens with one attached hydrogen (secondary N) is 2. The third-order valence-electron chi connectivity index (χ3n) is 4.47. The molecule has 3 rings (SSSR count). The summed E-state index contributed by atoms with van der Waals surface area (Å²) in [4.78, 5) is 19.8. The molecule has 2 aromatic rings. The van der Waals surface area contributed by atoms with Crippen LogP contribution in [0.4, 0.5) is 13.2 Å². The smallest absolute Gasteiger partial charge is 0.345 e. The molecule has 1 atom stereocenters. The van der Waals surface area contributed by atoms with E-state index < -0.39 is 11.9 Å². The number of carbonyl (C=O) groups is 1. The molecule has 1 aromatic heterocycles. The van der Waals surface area contributed by atoms with Gasteiger partial charge in [-0.2, -0.15) is 13.2 Å². The molecule has 2 heterocycles. The van der Waals surface area contributed by atoms with Crippen LogP contribution in [-0.4, -0.2) is 29.0 Å². The lowest BCUT2D eigenvalue weighted by molar-refractivity contribution is -0.141. The van der Waals surface area contributed by atoms with Crippen LogP contribution in [0.5, 0.6) is 0 Å². The lowest BCUT2D eigenvalue weighted by Gasteiger charge is -2.11. The van der Waals surface area contributed by atoms with Crippen LogP contribution in [0, 0.1) is 12.8 Å². The van der Waals surface area contributed by atoms with Crippen LogP contribution in [0.15, 0.2) is 30.3 Å². The number of alkyl halides is 3. The molecule has 0 bridgehead atoms. The number of aromatic nitrogens is 2. The van der Waals surface area contributed by atoms with E-state index in [4.69, 9.17) is 0 Å². The molecule has 28 heavy (non-hydrogen) atoms. The SMILES string of the molecule is Cc1cc(C(F)(F)F)nc(CNC(=O)c2cccc(CC3CCNC3)c2)n1.Cl. The predicted molar refractivity (Wildman–Crippen MR) is 101 cm³/mol. The quantitative estimate of drug-likeness (QED) is 0.787. The average molecular weight is 415 g/mol. The molecule has 1 aliphatic heterocycles. The Kier molecular flexibility index (Phi) is 7.37. The second-order valence-electron chi connectivity index (χ2n) is 6.75. The van der Waals surface area contributed by atoms with Gasteiger partial charge in [-0.15, -0.1) is 12.4 Å². The van der Waals surface area contributed by atoms with Crippen LogP contribution in [0.3, 0.4) is 0 Å². The van der Waals surface area contributed by atoms with Gasteiger partial charge in [-0.05, 0) is 62.5 Å². The van der Waals surface area contributed by atoms with Crippen molar-refractivity contribution < 1.29 is 18.0 Å². The van der Waals surface area contributed by atoms with E-state index in [2.05, 4.69) is 20.6 Å². The monoisotopic (exact) mass is 414 g/mol. The number of hydrogen-bond donors (Lipinski definition) is 2. The Morgan fingerprint density at radius 2 is 2.07 bits per heavy atom. The minimum Gasteiger partial charge on any atom is -0.345 e. The van der Waals surface area contributed by atoms with Crippen molar-refractivity contribution in [2.45, 2.75) is 32.5 Å². The normalized spacial score (nSPS) is 16.5. The topological polar surface area (TPSA) is 66.9 Å². The summed E-state index contributed by atoms with van der Waals surface area (Å²) in [5.41, 5.74) is 0.741. The number of nitrogens with zero attached hydrogens (tertiary/aromatic N) is 2. The molecule has 1 saturated heterocycles. The number of amides is 1. The molecule has 1 aromatic carbocycles. The Morgan fingerprint density at radius 3 is 2.75 bits per heavy atom. The first-order valence-corrected chi connectivity index (χ1v) is 8.81. The van der Waals surface area contributed by atoms with Crippen LogP contribution in [-0.2, 0) is 19.1 Å². The first-order chi connectivity index (χ1) is 12.8. The largest absolute Gasteiger partial charge is 0.433 e. The zero-order valence-corrected chi connectivity index (χ0v) is 16.2. The van der Waals surface area contributed by atoms with Gasteiger partial charge in [0.25, 0.3) is 5.91 Å². The second-order valence-corrected chi connectivity index (χ2v) is 6.75. The van der Waals surface area contributed by atoms with Gasteiger partial charge in [0.2, 0.25) is 0 Å². The molecule has 1 amide bonds. The van der Waals surface area contributed by atoms with Crippen molar-refractivity contribution in [2.75, 3.05) is 13.1 Å². The molecule has 1 fully saturated rings. The molecule has 1 unspecified atom stereocenters. The van der Waals surface area contributed by atoms with Crippen molar-refractivity contribution in [1.29, 1.82) is 0 Å². The van der Waals surface area contributed by atoms with E-state index in [9.17, 15) is 18.0 Å². The van der Waals surface area contributed by atoms with Crippen LogP contribution < -0.4 is 10.6 Å². The summed E-state index contributed by atoms with van der Waals surface area (Å²) in [5.74, 6) is 0.133. The fourth-order valence-electron chi connectivity index (χ4n) is 3.18. The van der Waals surface area contributed by atoms with Gasteiger partial charge in [-0.3, -0.25) is 4.79 Å². The lowest BCUT2D eigenvalue weighted by atomic mass is 9.97. The van der Waals surface area contributed by atoms with Crippen LogP contribution in [0.2, 0.25) is 0 Å². The number of carbonyl (C=O) groups excluding carboxylic acids is 1. The van der Waals surface area contributed by atoms with Crippen LogP contribution in [0.1, 0.15) is 39.6 Å². The molecule has 5 nitrogen and oxygen atoms in total. The fourth-order valence-corrected chi connectivity index (χ4v) is 3.18. The van der Waals surface area contributed by atoms with Crippen LogP contribution >= 0.6 is 12.4 Å². The Labute approximate surface area is 167 Å². The van der Waals surface area contributed by atoms with Crippen molar-refractivity contribution in [3.05, 3.63) is 58.7 Å². The highest BCUT2D eigenvalue weighted by atomic mass is 35.5. The molecule has 0 radical (unpaired) electrons. The number of halogens is 4. The molecule has 152 valence electrons. The Hall–Kier alpha value is -2.19. The summed E-state index contributed by atoms with van der Waals surface area (Å²) in [5, 5.41) is 5.91.